The fourth-order valence-corrected chi connectivity index (χ4v) is 4.00. The molecule has 29 heavy (non-hydrogen) atoms. The molecule has 0 spiro atoms. The largest absolute Gasteiger partial charge is 0.508 e. The van der Waals surface area contributed by atoms with Crippen LogP contribution in [0, 0.1) is 5.92 Å². The van der Waals surface area contributed by atoms with Gasteiger partial charge < -0.3 is 14.7 Å². The highest BCUT2D eigenvalue weighted by Crippen LogP contribution is 2.28. The molecule has 1 aromatic carbocycles. The number of benzene rings is 1. The average Bonchev–Trinajstić information content (AvgIpc) is 2.76. The molecule has 1 atom stereocenters. The van der Waals surface area contributed by atoms with Crippen molar-refractivity contribution in [2.45, 2.75) is 33.2 Å². The molecule has 1 amide bonds. The Balaban J connectivity index is 1.74. The van der Waals surface area contributed by atoms with E-state index in [-0.39, 0.29) is 17.6 Å². The zero-order valence-electron chi connectivity index (χ0n) is 17.6. The van der Waals surface area contributed by atoms with Crippen molar-refractivity contribution >= 4 is 5.91 Å². The van der Waals surface area contributed by atoms with Gasteiger partial charge >= 0.3 is 0 Å². The van der Waals surface area contributed by atoms with Crippen molar-refractivity contribution in [3.8, 4) is 22.9 Å². The number of phenols is 1. The van der Waals surface area contributed by atoms with Gasteiger partial charge in [0, 0.05) is 43.4 Å². The molecule has 1 aliphatic rings. The van der Waals surface area contributed by atoms with Gasteiger partial charge in [0.05, 0.1) is 18.7 Å². The number of carbonyl (C=O) groups excluding carboxylic acids is 1. The highest BCUT2D eigenvalue weighted by molar-refractivity contribution is 5.79. The fourth-order valence-electron chi connectivity index (χ4n) is 4.00. The predicted molar refractivity (Wildman–Crippen MR) is 114 cm³/mol. The maximum atomic E-state index is 12.8. The molecule has 2 aromatic rings. The first-order valence-electron chi connectivity index (χ1n) is 10.4. The molecule has 1 fully saturated rings. The lowest BCUT2D eigenvalue weighted by molar-refractivity contribution is -0.137. The Labute approximate surface area is 173 Å². The highest BCUT2D eigenvalue weighted by atomic mass is 16.5. The van der Waals surface area contributed by atoms with E-state index in [1.54, 1.807) is 13.2 Å². The van der Waals surface area contributed by atoms with Crippen LogP contribution < -0.4 is 4.74 Å². The Kier molecular flexibility index (Phi) is 7.09. The van der Waals surface area contributed by atoms with E-state index in [1.807, 2.05) is 49.1 Å². The maximum absolute atomic E-state index is 12.8. The predicted octanol–water partition coefficient (Wildman–Crippen LogP) is 3.54. The van der Waals surface area contributed by atoms with E-state index in [0.717, 1.165) is 55.8 Å². The number of hydrogen-bond acceptors (Lipinski definition) is 5. The number of piperidine rings is 1. The van der Waals surface area contributed by atoms with Crippen LogP contribution in [-0.2, 0) is 11.3 Å². The quantitative estimate of drug-likeness (QED) is 0.774. The summed E-state index contributed by atoms with van der Waals surface area (Å²) in [6, 6.07) is 11.2. The first kappa shape index (κ1) is 21.1. The van der Waals surface area contributed by atoms with Crippen molar-refractivity contribution in [1.82, 2.24) is 14.8 Å². The third-order valence-electron chi connectivity index (χ3n) is 5.63. The van der Waals surface area contributed by atoms with Crippen molar-refractivity contribution < 1.29 is 14.6 Å². The van der Waals surface area contributed by atoms with Gasteiger partial charge in [-0.1, -0.05) is 6.07 Å². The number of phenolic OH excluding ortho intramolecular Hbond substituents is 1. The van der Waals surface area contributed by atoms with Gasteiger partial charge in [0.1, 0.15) is 5.75 Å². The van der Waals surface area contributed by atoms with E-state index in [9.17, 15) is 9.90 Å². The molecule has 0 saturated carbocycles. The van der Waals surface area contributed by atoms with E-state index in [2.05, 4.69) is 9.88 Å². The van der Waals surface area contributed by atoms with E-state index in [0.29, 0.717) is 12.4 Å². The Bertz CT molecular complexity index is 836. The Hall–Kier alpha value is -2.60. The van der Waals surface area contributed by atoms with Crippen LogP contribution in [0.5, 0.6) is 11.6 Å². The lowest BCUT2D eigenvalue weighted by Crippen LogP contribution is -2.44. The van der Waals surface area contributed by atoms with Gasteiger partial charge in [0.25, 0.3) is 0 Å². The van der Waals surface area contributed by atoms with E-state index < -0.39 is 0 Å². The molecule has 2 heterocycles. The van der Waals surface area contributed by atoms with Crippen LogP contribution >= 0.6 is 0 Å². The number of likely N-dealkylation sites (tertiary alicyclic amines) is 1. The van der Waals surface area contributed by atoms with Crippen molar-refractivity contribution in [3.05, 3.63) is 42.0 Å². The number of nitrogens with zero attached hydrogens (tertiary/aromatic N) is 3. The molecule has 1 saturated heterocycles. The van der Waals surface area contributed by atoms with E-state index in [1.165, 1.54) is 0 Å². The van der Waals surface area contributed by atoms with Crippen molar-refractivity contribution in [2.24, 2.45) is 5.92 Å². The SMILES string of the molecule is CCN(CC)C(=O)[C@@H]1CCCN(Cc2cc(-c3cccc(OC)n3)ccc2O)C1. The summed E-state index contributed by atoms with van der Waals surface area (Å²) >= 11 is 0. The number of aromatic nitrogens is 1. The minimum Gasteiger partial charge on any atom is -0.508 e. The first-order valence-corrected chi connectivity index (χ1v) is 10.4. The topological polar surface area (TPSA) is 65.9 Å². The molecule has 1 aliphatic heterocycles. The summed E-state index contributed by atoms with van der Waals surface area (Å²) in [5.41, 5.74) is 2.59. The molecule has 6 heteroatoms. The summed E-state index contributed by atoms with van der Waals surface area (Å²) < 4.78 is 5.22. The van der Waals surface area contributed by atoms with Crippen LogP contribution in [0.3, 0.4) is 0 Å². The van der Waals surface area contributed by atoms with Gasteiger partial charge in [-0.05, 0) is 57.5 Å². The van der Waals surface area contributed by atoms with E-state index in [4.69, 9.17) is 4.74 Å². The van der Waals surface area contributed by atoms with Crippen LogP contribution in [0.2, 0.25) is 0 Å². The average molecular weight is 398 g/mol. The van der Waals surface area contributed by atoms with Crippen molar-refractivity contribution in [1.29, 1.82) is 0 Å². The molecular weight excluding hydrogens is 366 g/mol. The third kappa shape index (κ3) is 5.07. The molecule has 0 aliphatic carbocycles. The summed E-state index contributed by atoms with van der Waals surface area (Å²) in [7, 11) is 1.60. The number of methoxy groups -OCH3 is 1. The maximum Gasteiger partial charge on any atom is 0.226 e. The molecule has 156 valence electrons. The first-order chi connectivity index (χ1) is 14.0. The third-order valence-corrected chi connectivity index (χ3v) is 5.63. The highest BCUT2D eigenvalue weighted by Gasteiger charge is 2.28. The van der Waals surface area contributed by atoms with Gasteiger partial charge in [-0.3, -0.25) is 9.69 Å². The molecular formula is C23H31N3O3. The number of carbonyl (C=O) groups is 1. The van der Waals surface area contributed by atoms with Gasteiger partial charge in [0.15, 0.2) is 0 Å². The Morgan fingerprint density at radius 3 is 2.79 bits per heavy atom. The second-order valence-corrected chi connectivity index (χ2v) is 7.49. The molecule has 0 radical (unpaired) electrons. The summed E-state index contributed by atoms with van der Waals surface area (Å²) in [5, 5.41) is 10.4. The summed E-state index contributed by atoms with van der Waals surface area (Å²) in [6.07, 6.45) is 1.93. The second kappa shape index (κ2) is 9.74. The Morgan fingerprint density at radius 1 is 1.28 bits per heavy atom. The van der Waals surface area contributed by atoms with Gasteiger partial charge in [-0.2, -0.15) is 0 Å². The lowest BCUT2D eigenvalue weighted by atomic mass is 9.95. The zero-order valence-corrected chi connectivity index (χ0v) is 17.6. The molecule has 0 bridgehead atoms. The number of hydrogen-bond donors (Lipinski definition) is 1. The molecule has 1 aromatic heterocycles. The summed E-state index contributed by atoms with van der Waals surface area (Å²) in [4.78, 5) is 21.4. The number of pyridine rings is 1. The smallest absolute Gasteiger partial charge is 0.226 e. The van der Waals surface area contributed by atoms with Gasteiger partial charge in [-0.25, -0.2) is 4.98 Å². The van der Waals surface area contributed by atoms with Gasteiger partial charge in [-0.15, -0.1) is 0 Å². The Morgan fingerprint density at radius 2 is 2.07 bits per heavy atom. The molecule has 6 nitrogen and oxygen atoms in total. The van der Waals surface area contributed by atoms with Crippen LogP contribution in [0.1, 0.15) is 32.3 Å². The minimum absolute atomic E-state index is 0.0361. The van der Waals surface area contributed by atoms with Crippen LogP contribution in [0.15, 0.2) is 36.4 Å². The standard InChI is InChI=1S/C23H31N3O3/c1-4-26(5-2)23(28)18-8-7-13-25(15-18)16-19-14-17(11-12-21(19)27)20-9-6-10-22(24-20)29-3/h6,9-12,14,18,27H,4-5,7-8,13,15-16H2,1-3H3/t18-/m1/s1. The molecule has 1 N–H and O–H groups in total. The molecule has 0 unspecified atom stereocenters. The minimum atomic E-state index is 0.0361. The van der Waals surface area contributed by atoms with Crippen LogP contribution in [0.4, 0.5) is 0 Å². The normalized spacial score (nSPS) is 17.1. The van der Waals surface area contributed by atoms with Gasteiger partial charge in [0.2, 0.25) is 11.8 Å². The van der Waals surface area contributed by atoms with Crippen molar-refractivity contribution in [3.63, 3.8) is 0 Å². The zero-order chi connectivity index (χ0) is 20.8. The summed E-state index contributed by atoms with van der Waals surface area (Å²) in [5.74, 6) is 1.12. The number of rotatable bonds is 7. The number of aromatic hydroxyl groups is 1. The van der Waals surface area contributed by atoms with E-state index >= 15 is 0 Å². The number of ether oxygens (including phenoxy) is 1. The molecule has 3 rings (SSSR count). The lowest BCUT2D eigenvalue weighted by Gasteiger charge is -2.34. The van der Waals surface area contributed by atoms with Crippen LogP contribution in [0.25, 0.3) is 11.3 Å². The fraction of sp³-hybridized carbons (Fsp3) is 0.478. The number of amides is 1. The second-order valence-electron chi connectivity index (χ2n) is 7.49. The summed E-state index contributed by atoms with van der Waals surface area (Å²) in [6.45, 7) is 7.84. The monoisotopic (exact) mass is 397 g/mol. The van der Waals surface area contributed by atoms with Crippen molar-refractivity contribution in [2.75, 3.05) is 33.3 Å². The van der Waals surface area contributed by atoms with Crippen LogP contribution in [-0.4, -0.2) is 59.1 Å².